The van der Waals surface area contributed by atoms with Crippen LogP contribution in [0.1, 0.15) is 55.3 Å². The molecule has 0 saturated heterocycles. The third-order valence-electron chi connectivity index (χ3n) is 3.96. The highest BCUT2D eigenvalue weighted by molar-refractivity contribution is 5.14. The zero-order valence-corrected chi connectivity index (χ0v) is 11.5. The first-order valence-electron chi connectivity index (χ1n) is 7.30. The van der Waals surface area contributed by atoms with E-state index < -0.39 is 0 Å². The van der Waals surface area contributed by atoms with Crippen LogP contribution in [0.15, 0.2) is 29.0 Å². The van der Waals surface area contributed by atoms with E-state index >= 15 is 0 Å². The monoisotopic (exact) mass is 272 g/mol. The molecule has 0 amide bonds. The minimum atomic E-state index is 0.143. The van der Waals surface area contributed by atoms with Gasteiger partial charge in [0.25, 0.3) is 0 Å². The molecule has 5 nitrogen and oxygen atoms in total. The number of aromatic nitrogens is 3. The van der Waals surface area contributed by atoms with E-state index in [1.165, 1.54) is 19.3 Å². The maximum Gasteiger partial charge on any atom is 0.231 e. The van der Waals surface area contributed by atoms with Crippen LogP contribution < -0.4 is 5.73 Å². The van der Waals surface area contributed by atoms with Crippen molar-refractivity contribution >= 4 is 0 Å². The summed E-state index contributed by atoms with van der Waals surface area (Å²) in [6.45, 7) is 0. The van der Waals surface area contributed by atoms with Gasteiger partial charge in [-0.25, -0.2) is 0 Å². The topological polar surface area (TPSA) is 77.8 Å². The smallest absolute Gasteiger partial charge is 0.231 e. The summed E-state index contributed by atoms with van der Waals surface area (Å²) in [5, 5.41) is 4.08. The first kappa shape index (κ1) is 13.2. The van der Waals surface area contributed by atoms with Gasteiger partial charge in [-0.15, -0.1) is 0 Å². The van der Waals surface area contributed by atoms with Crippen LogP contribution in [0.2, 0.25) is 0 Å². The van der Waals surface area contributed by atoms with Crippen molar-refractivity contribution in [1.29, 1.82) is 0 Å². The molecule has 1 aliphatic rings. The SMILES string of the molecule is NC1CCCCCC1c1nc(Cc2cccnc2)no1. The van der Waals surface area contributed by atoms with E-state index in [0.29, 0.717) is 18.1 Å². The van der Waals surface area contributed by atoms with Gasteiger partial charge in [0.15, 0.2) is 5.82 Å². The van der Waals surface area contributed by atoms with E-state index in [1.807, 2.05) is 18.3 Å². The molecule has 3 rings (SSSR count). The summed E-state index contributed by atoms with van der Waals surface area (Å²) in [7, 11) is 0. The lowest BCUT2D eigenvalue weighted by molar-refractivity contribution is 0.323. The van der Waals surface area contributed by atoms with Crippen LogP contribution in [0.4, 0.5) is 0 Å². The minimum absolute atomic E-state index is 0.143. The summed E-state index contributed by atoms with van der Waals surface area (Å²) in [5.74, 6) is 1.63. The third kappa shape index (κ3) is 3.04. The molecule has 0 radical (unpaired) electrons. The molecule has 20 heavy (non-hydrogen) atoms. The fourth-order valence-electron chi connectivity index (χ4n) is 2.82. The molecule has 2 aromatic rings. The van der Waals surface area contributed by atoms with Crippen LogP contribution in [0.5, 0.6) is 0 Å². The van der Waals surface area contributed by atoms with Gasteiger partial charge in [-0.05, 0) is 24.5 Å². The number of nitrogens with zero attached hydrogens (tertiary/aromatic N) is 3. The summed E-state index contributed by atoms with van der Waals surface area (Å²) in [6.07, 6.45) is 9.98. The van der Waals surface area contributed by atoms with Gasteiger partial charge in [-0.2, -0.15) is 4.98 Å². The van der Waals surface area contributed by atoms with Gasteiger partial charge in [0.2, 0.25) is 5.89 Å². The molecule has 0 aliphatic heterocycles. The van der Waals surface area contributed by atoms with E-state index in [0.717, 1.165) is 18.4 Å². The Morgan fingerprint density at radius 2 is 2.15 bits per heavy atom. The molecule has 2 N–H and O–H groups in total. The van der Waals surface area contributed by atoms with E-state index in [-0.39, 0.29) is 12.0 Å². The first-order chi connectivity index (χ1) is 9.83. The highest BCUT2D eigenvalue weighted by Crippen LogP contribution is 2.30. The van der Waals surface area contributed by atoms with Gasteiger partial charge in [0.05, 0.1) is 5.92 Å². The van der Waals surface area contributed by atoms with Crippen molar-refractivity contribution in [2.24, 2.45) is 5.73 Å². The van der Waals surface area contributed by atoms with Crippen molar-refractivity contribution in [3.8, 4) is 0 Å². The Balaban J connectivity index is 1.72. The Bertz CT molecular complexity index is 540. The van der Waals surface area contributed by atoms with E-state index in [9.17, 15) is 0 Å². The fourth-order valence-corrected chi connectivity index (χ4v) is 2.82. The lowest BCUT2D eigenvalue weighted by atomic mass is 9.95. The maximum absolute atomic E-state index is 6.24. The van der Waals surface area contributed by atoms with E-state index in [4.69, 9.17) is 10.3 Å². The zero-order chi connectivity index (χ0) is 13.8. The van der Waals surface area contributed by atoms with Crippen LogP contribution in [-0.2, 0) is 6.42 Å². The van der Waals surface area contributed by atoms with E-state index in [2.05, 4.69) is 15.1 Å². The average molecular weight is 272 g/mol. The molecule has 0 aromatic carbocycles. The number of hydrogen-bond acceptors (Lipinski definition) is 5. The summed E-state index contributed by atoms with van der Waals surface area (Å²) in [5.41, 5.74) is 7.32. The Morgan fingerprint density at radius 3 is 3.00 bits per heavy atom. The van der Waals surface area contributed by atoms with E-state index in [1.54, 1.807) is 6.20 Å². The second-order valence-corrected chi connectivity index (χ2v) is 5.50. The van der Waals surface area contributed by atoms with Crippen LogP contribution in [-0.4, -0.2) is 21.2 Å². The minimum Gasteiger partial charge on any atom is -0.339 e. The van der Waals surface area contributed by atoms with Crippen molar-refractivity contribution in [1.82, 2.24) is 15.1 Å². The molecule has 2 aromatic heterocycles. The average Bonchev–Trinajstić information content (AvgIpc) is 2.81. The van der Waals surface area contributed by atoms with Crippen LogP contribution >= 0.6 is 0 Å². The van der Waals surface area contributed by atoms with Crippen molar-refractivity contribution < 1.29 is 4.52 Å². The summed E-state index contributed by atoms with van der Waals surface area (Å²) in [6, 6.07) is 4.07. The Labute approximate surface area is 118 Å². The Kier molecular flexibility index (Phi) is 4.06. The second-order valence-electron chi connectivity index (χ2n) is 5.50. The summed E-state index contributed by atoms with van der Waals surface area (Å²) in [4.78, 5) is 8.63. The van der Waals surface area contributed by atoms with Crippen molar-refractivity contribution in [3.05, 3.63) is 41.8 Å². The molecule has 2 heterocycles. The predicted octanol–water partition coefficient (Wildman–Crippen LogP) is 2.43. The third-order valence-corrected chi connectivity index (χ3v) is 3.96. The molecule has 0 bridgehead atoms. The first-order valence-corrected chi connectivity index (χ1v) is 7.30. The maximum atomic E-state index is 6.24. The Morgan fingerprint density at radius 1 is 1.25 bits per heavy atom. The van der Waals surface area contributed by atoms with Crippen LogP contribution in [0.25, 0.3) is 0 Å². The van der Waals surface area contributed by atoms with Crippen molar-refractivity contribution in [3.63, 3.8) is 0 Å². The molecule has 0 spiro atoms. The molecule has 5 heteroatoms. The number of pyridine rings is 1. The standard InChI is InChI=1S/C15H20N4O/c16-13-7-3-1-2-6-12(13)15-18-14(19-20-15)9-11-5-4-8-17-10-11/h4-5,8,10,12-13H,1-3,6-7,9,16H2. The lowest BCUT2D eigenvalue weighted by Crippen LogP contribution is -2.27. The molecular weight excluding hydrogens is 252 g/mol. The molecule has 2 unspecified atom stereocenters. The fraction of sp³-hybridized carbons (Fsp3) is 0.533. The molecular formula is C15H20N4O. The van der Waals surface area contributed by atoms with Crippen LogP contribution in [0.3, 0.4) is 0 Å². The van der Waals surface area contributed by atoms with Gasteiger partial charge < -0.3 is 10.3 Å². The van der Waals surface area contributed by atoms with Gasteiger partial charge in [-0.3, -0.25) is 4.98 Å². The van der Waals surface area contributed by atoms with Gasteiger partial charge in [-0.1, -0.05) is 30.5 Å². The summed E-state index contributed by atoms with van der Waals surface area (Å²) >= 11 is 0. The van der Waals surface area contributed by atoms with Gasteiger partial charge in [0, 0.05) is 24.9 Å². The summed E-state index contributed by atoms with van der Waals surface area (Å²) < 4.78 is 5.44. The molecule has 2 atom stereocenters. The predicted molar refractivity (Wildman–Crippen MR) is 75.1 cm³/mol. The Hall–Kier alpha value is -1.75. The second kappa shape index (κ2) is 6.13. The van der Waals surface area contributed by atoms with Crippen molar-refractivity contribution in [2.45, 2.75) is 50.5 Å². The molecule has 106 valence electrons. The van der Waals surface area contributed by atoms with Crippen molar-refractivity contribution in [2.75, 3.05) is 0 Å². The number of rotatable bonds is 3. The number of nitrogens with two attached hydrogens (primary N) is 1. The lowest BCUT2D eigenvalue weighted by Gasteiger charge is -2.16. The van der Waals surface area contributed by atoms with Gasteiger partial charge >= 0.3 is 0 Å². The zero-order valence-electron chi connectivity index (χ0n) is 11.5. The highest BCUT2D eigenvalue weighted by atomic mass is 16.5. The highest BCUT2D eigenvalue weighted by Gasteiger charge is 2.27. The molecule has 1 fully saturated rings. The largest absolute Gasteiger partial charge is 0.339 e. The van der Waals surface area contributed by atoms with Crippen LogP contribution in [0, 0.1) is 0 Å². The molecule has 1 saturated carbocycles. The normalized spacial score (nSPS) is 23.4. The van der Waals surface area contributed by atoms with Gasteiger partial charge in [0.1, 0.15) is 0 Å². The molecule has 1 aliphatic carbocycles. The quantitative estimate of drug-likeness (QED) is 0.868. The number of hydrogen-bond donors (Lipinski definition) is 1.